The molecular weight excluding hydrogens is 370 g/mol. The number of nitrogens with one attached hydrogen (secondary N) is 1. The molecule has 0 aliphatic heterocycles. The maximum atomic E-state index is 12.1. The molecule has 0 radical (unpaired) electrons. The third-order valence-corrected chi connectivity index (χ3v) is 4.89. The van der Waals surface area contributed by atoms with Crippen LogP contribution in [-0.4, -0.2) is 58.5 Å². The second kappa shape index (κ2) is 12.8. The molecule has 1 amide bonds. The molecule has 0 aliphatic rings. The van der Waals surface area contributed by atoms with Gasteiger partial charge >= 0.3 is 12.1 Å². The zero-order valence-corrected chi connectivity index (χ0v) is 17.2. The first kappa shape index (κ1) is 25.5. The number of unbranched alkanes of at least 4 members (excludes halogenated alkanes) is 3. The van der Waals surface area contributed by atoms with Gasteiger partial charge in [0, 0.05) is 25.2 Å². The number of hydrazine groups is 1. The Kier molecular flexibility index (Phi) is 12.6. The van der Waals surface area contributed by atoms with E-state index >= 15 is 0 Å². The number of amides is 1. The number of carbonyl (C=O) groups is 1. The van der Waals surface area contributed by atoms with Crippen LogP contribution in [0.1, 0.15) is 60.3 Å². The first-order chi connectivity index (χ1) is 12.0. The molecule has 1 atom stereocenters. The third kappa shape index (κ3) is 10.0. The highest BCUT2D eigenvalue weighted by Crippen LogP contribution is 2.39. The van der Waals surface area contributed by atoms with Crippen molar-refractivity contribution in [3.63, 3.8) is 0 Å². The van der Waals surface area contributed by atoms with Crippen molar-refractivity contribution in [3.05, 3.63) is 0 Å². The summed E-state index contributed by atoms with van der Waals surface area (Å²) in [6, 6.07) is 0.398. The lowest BCUT2D eigenvalue weighted by Gasteiger charge is -2.41. The first-order valence-corrected chi connectivity index (χ1v) is 10.2. The molecule has 0 aromatic carbocycles. The Bertz CT molecular complexity index is 391. The van der Waals surface area contributed by atoms with E-state index in [4.69, 9.17) is 4.52 Å². The van der Waals surface area contributed by atoms with Crippen molar-refractivity contribution in [2.24, 2.45) is 0 Å². The van der Waals surface area contributed by atoms with Gasteiger partial charge in [0.15, 0.2) is 0 Å². The van der Waals surface area contributed by atoms with Crippen LogP contribution in [0, 0.1) is 0 Å². The quantitative estimate of drug-likeness (QED) is 0.278. The van der Waals surface area contributed by atoms with Gasteiger partial charge in [0.1, 0.15) is 0 Å². The van der Waals surface area contributed by atoms with Gasteiger partial charge in [-0.2, -0.15) is 18.0 Å². The minimum absolute atomic E-state index is 0.0117. The van der Waals surface area contributed by atoms with Gasteiger partial charge in [0.05, 0.1) is 6.61 Å². The molecule has 0 heterocycles. The van der Waals surface area contributed by atoms with Crippen LogP contribution in [0.15, 0.2) is 0 Å². The van der Waals surface area contributed by atoms with Gasteiger partial charge in [0.2, 0.25) is 0 Å². The summed E-state index contributed by atoms with van der Waals surface area (Å²) in [5, 5.41) is 3.95. The molecule has 0 aliphatic carbocycles. The maximum Gasteiger partial charge on any atom is 0.471 e. The van der Waals surface area contributed by atoms with E-state index in [1.807, 2.05) is 44.7 Å². The van der Waals surface area contributed by atoms with Crippen LogP contribution in [0.2, 0.25) is 0 Å². The summed E-state index contributed by atoms with van der Waals surface area (Å²) in [4.78, 5) is 21.0. The van der Waals surface area contributed by atoms with E-state index in [0.717, 1.165) is 12.8 Å². The van der Waals surface area contributed by atoms with E-state index in [1.165, 1.54) is 0 Å². The van der Waals surface area contributed by atoms with E-state index in [2.05, 4.69) is 5.01 Å². The zero-order chi connectivity index (χ0) is 20.3. The minimum Gasteiger partial charge on any atom is -0.348 e. The van der Waals surface area contributed by atoms with Crippen molar-refractivity contribution in [2.45, 2.75) is 78.6 Å². The molecule has 0 spiro atoms. The smallest absolute Gasteiger partial charge is 0.348 e. The molecule has 1 unspecified atom stereocenters. The summed E-state index contributed by atoms with van der Waals surface area (Å²) >= 11 is 0. The third-order valence-electron chi connectivity index (χ3n) is 3.59. The second-order valence-corrected chi connectivity index (χ2v) is 7.73. The van der Waals surface area contributed by atoms with Crippen molar-refractivity contribution >= 4 is 14.4 Å². The van der Waals surface area contributed by atoms with Crippen molar-refractivity contribution in [1.82, 2.24) is 15.1 Å². The molecule has 0 bridgehead atoms. The van der Waals surface area contributed by atoms with Gasteiger partial charge in [-0.05, 0) is 47.5 Å². The van der Waals surface area contributed by atoms with Crippen molar-refractivity contribution < 1.29 is 27.4 Å². The highest BCUT2D eigenvalue weighted by molar-refractivity contribution is 7.43. The van der Waals surface area contributed by atoms with Crippen molar-refractivity contribution in [2.75, 3.05) is 19.7 Å². The number of hydrogen-bond donors (Lipinski definition) is 2. The maximum absolute atomic E-state index is 12.1. The summed E-state index contributed by atoms with van der Waals surface area (Å²) in [5.41, 5.74) is 0. The molecule has 0 fully saturated rings. The number of carbonyl (C=O) groups excluding carboxylic acids is 1. The van der Waals surface area contributed by atoms with Crippen molar-refractivity contribution in [3.8, 4) is 0 Å². The molecular formula is C16H33F3N3O3P. The summed E-state index contributed by atoms with van der Waals surface area (Å²) in [6.45, 7) is 11.1. The van der Waals surface area contributed by atoms with Crippen LogP contribution < -0.4 is 5.32 Å². The van der Waals surface area contributed by atoms with Gasteiger partial charge in [-0.3, -0.25) is 4.79 Å². The molecule has 0 saturated heterocycles. The lowest BCUT2D eigenvalue weighted by molar-refractivity contribution is -0.173. The van der Waals surface area contributed by atoms with E-state index in [-0.39, 0.29) is 18.6 Å². The second-order valence-electron chi connectivity index (χ2n) is 6.50. The molecule has 26 heavy (non-hydrogen) atoms. The Hall–Kier alpha value is -0.470. The Labute approximate surface area is 156 Å². The molecule has 0 rings (SSSR count). The van der Waals surface area contributed by atoms with Gasteiger partial charge in [0.25, 0.3) is 8.53 Å². The van der Waals surface area contributed by atoms with Gasteiger partial charge in [-0.25, -0.2) is 5.01 Å². The summed E-state index contributed by atoms with van der Waals surface area (Å²) in [5.74, 6) is -1.89. The van der Waals surface area contributed by atoms with E-state index in [0.29, 0.717) is 26.0 Å². The van der Waals surface area contributed by atoms with E-state index in [9.17, 15) is 22.9 Å². The van der Waals surface area contributed by atoms with Crippen molar-refractivity contribution in [1.29, 1.82) is 0 Å². The Morgan fingerprint density at radius 1 is 1.12 bits per heavy atom. The zero-order valence-electron chi connectivity index (χ0n) is 16.3. The monoisotopic (exact) mass is 403 g/mol. The molecule has 0 saturated carbocycles. The Balaban J connectivity index is 4.31. The standard InChI is InChI=1S/C16H33F3N3O3P/c1-6-25-26(24)21(22(13(2)3)14(4)5)12-10-8-7-9-11-20-15(23)16(17,18)19/h13-14,24H,6-12H2,1-5H3,(H,20,23). The summed E-state index contributed by atoms with van der Waals surface area (Å²) < 4.78 is 43.4. The molecule has 10 heteroatoms. The lowest BCUT2D eigenvalue weighted by Crippen LogP contribution is -2.48. The van der Waals surface area contributed by atoms with Gasteiger partial charge < -0.3 is 14.7 Å². The topological polar surface area (TPSA) is 65.0 Å². The van der Waals surface area contributed by atoms with Crippen LogP contribution in [0.3, 0.4) is 0 Å². The Morgan fingerprint density at radius 3 is 2.12 bits per heavy atom. The average Bonchev–Trinajstić information content (AvgIpc) is 2.50. The highest BCUT2D eigenvalue weighted by Gasteiger charge is 2.38. The van der Waals surface area contributed by atoms with Crippen LogP contribution >= 0.6 is 8.53 Å². The highest BCUT2D eigenvalue weighted by atomic mass is 31.2. The van der Waals surface area contributed by atoms with Crippen LogP contribution in [-0.2, 0) is 9.32 Å². The molecule has 0 aromatic heterocycles. The summed E-state index contributed by atoms with van der Waals surface area (Å²) in [7, 11) is -1.72. The number of hydrogen-bond acceptors (Lipinski definition) is 5. The summed E-state index contributed by atoms with van der Waals surface area (Å²) in [6.07, 6.45) is -2.07. The number of alkyl halides is 3. The predicted octanol–water partition coefficient (Wildman–Crippen LogP) is 3.82. The largest absolute Gasteiger partial charge is 0.471 e. The fourth-order valence-electron chi connectivity index (χ4n) is 2.63. The predicted molar refractivity (Wildman–Crippen MR) is 97.1 cm³/mol. The van der Waals surface area contributed by atoms with Crippen LogP contribution in [0.5, 0.6) is 0 Å². The normalized spacial score (nSPS) is 13.9. The number of halogens is 3. The fraction of sp³-hybridized carbons (Fsp3) is 0.938. The number of nitrogens with zero attached hydrogens (tertiary/aromatic N) is 2. The molecule has 156 valence electrons. The first-order valence-electron chi connectivity index (χ1n) is 9.05. The molecule has 0 aromatic rings. The van der Waals surface area contributed by atoms with E-state index < -0.39 is 20.6 Å². The minimum atomic E-state index is -4.82. The molecule has 6 nitrogen and oxygen atoms in total. The van der Waals surface area contributed by atoms with E-state index in [1.54, 1.807) is 0 Å². The fourth-order valence-corrected chi connectivity index (χ4v) is 3.90. The molecule has 2 N–H and O–H groups in total. The van der Waals surface area contributed by atoms with Gasteiger partial charge in [-0.1, -0.05) is 12.8 Å². The van der Waals surface area contributed by atoms with Crippen LogP contribution in [0.25, 0.3) is 0 Å². The number of rotatable bonds is 13. The average molecular weight is 403 g/mol. The van der Waals surface area contributed by atoms with Gasteiger partial charge in [-0.15, -0.1) is 0 Å². The van der Waals surface area contributed by atoms with Crippen LogP contribution in [0.4, 0.5) is 13.2 Å². The Morgan fingerprint density at radius 2 is 1.65 bits per heavy atom. The SMILES string of the molecule is CCOP(O)N(CCCCCCNC(=O)C(F)(F)F)N(C(C)C)C(C)C. The lowest BCUT2D eigenvalue weighted by atomic mass is 10.2.